The molecule has 0 radical (unpaired) electrons. The number of rotatable bonds is 5. The third kappa shape index (κ3) is 3.55. The van der Waals surface area contributed by atoms with Crippen LogP contribution in [0.15, 0.2) is 54.2 Å². The van der Waals surface area contributed by atoms with E-state index in [9.17, 15) is 9.59 Å². The lowest BCUT2D eigenvalue weighted by Gasteiger charge is -2.11. The van der Waals surface area contributed by atoms with Crippen LogP contribution in [-0.2, 0) is 11.4 Å². The molecule has 0 saturated carbocycles. The van der Waals surface area contributed by atoms with Crippen LogP contribution in [0.4, 0.5) is 4.79 Å². The van der Waals surface area contributed by atoms with E-state index < -0.39 is 11.9 Å². The lowest BCUT2D eigenvalue weighted by molar-refractivity contribution is -0.115. The van der Waals surface area contributed by atoms with Gasteiger partial charge in [0.1, 0.15) is 12.3 Å². The van der Waals surface area contributed by atoms with Crippen molar-refractivity contribution in [1.82, 2.24) is 10.6 Å². The van der Waals surface area contributed by atoms with Crippen molar-refractivity contribution >= 4 is 18.0 Å². The van der Waals surface area contributed by atoms with Crippen molar-refractivity contribution < 1.29 is 19.1 Å². The number of benzene rings is 2. The monoisotopic (exact) mass is 324 g/mol. The molecule has 0 unspecified atom stereocenters. The highest BCUT2D eigenvalue weighted by Crippen LogP contribution is 2.29. The Hall–Kier alpha value is -3.28. The molecular formula is C18H16N2O4. The molecule has 1 fully saturated rings. The van der Waals surface area contributed by atoms with Gasteiger partial charge in [-0.05, 0) is 29.3 Å². The summed E-state index contributed by atoms with van der Waals surface area (Å²) >= 11 is 0. The predicted molar refractivity (Wildman–Crippen MR) is 88.4 cm³/mol. The van der Waals surface area contributed by atoms with Crippen molar-refractivity contribution in [2.75, 3.05) is 7.11 Å². The van der Waals surface area contributed by atoms with E-state index in [0.29, 0.717) is 23.7 Å². The van der Waals surface area contributed by atoms with Crippen LogP contribution in [0, 0.1) is 0 Å². The number of nitrogens with one attached hydrogen (secondary N) is 2. The molecule has 1 aliphatic heterocycles. The first kappa shape index (κ1) is 15.6. The SMILES string of the molecule is COc1cc(/C=C2\NC(=O)NC2=O)ccc1OCc1ccccc1. The van der Waals surface area contributed by atoms with Gasteiger partial charge < -0.3 is 14.8 Å². The summed E-state index contributed by atoms with van der Waals surface area (Å²) in [6.07, 6.45) is 1.57. The normalized spacial score (nSPS) is 15.1. The van der Waals surface area contributed by atoms with Crippen LogP contribution in [0.3, 0.4) is 0 Å². The minimum absolute atomic E-state index is 0.194. The maximum atomic E-state index is 11.6. The highest BCUT2D eigenvalue weighted by atomic mass is 16.5. The van der Waals surface area contributed by atoms with Crippen molar-refractivity contribution in [1.29, 1.82) is 0 Å². The first-order valence-corrected chi connectivity index (χ1v) is 7.34. The van der Waals surface area contributed by atoms with Gasteiger partial charge in [-0.15, -0.1) is 0 Å². The van der Waals surface area contributed by atoms with E-state index in [1.807, 2.05) is 30.3 Å². The summed E-state index contributed by atoms with van der Waals surface area (Å²) in [4.78, 5) is 22.7. The predicted octanol–water partition coefficient (Wildman–Crippen LogP) is 2.45. The molecule has 0 atom stereocenters. The average molecular weight is 324 g/mol. The molecule has 1 saturated heterocycles. The van der Waals surface area contributed by atoms with Crippen LogP contribution in [0.5, 0.6) is 11.5 Å². The zero-order valence-electron chi connectivity index (χ0n) is 13.0. The number of hydrogen-bond acceptors (Lipinski definition) is 4. The quantitative estimate of drug-likeness (QED) is 0.654. The first-order chi connectivity index (χ1) is 11.7. The molecule has 1 heterocycles. The van der Waals surface area contributed by atoms with E-state index >= 15 is 0 Å². The fourth-order valence-corrected chi connectivity index (χ4v) is 2.28. The molecule has 2 aromatic rings. The molecule has 3 amide bonds. The number of urea groups is 1. The van der Waals surface area contributed by atoms with Gasteiger partial charge in [-0.3, -0.25) is 10.1 Å². The molecule has 6 heteroatoms. The number of ether oxygens (including phenoxy) is 2. The molecule has 2 aromatic carbocycles. The Kier molecular flexibility index (Phi) is 4.47. The van der Waals surface area contributed by atoms with E-state index in [-0.39, 0.29) is 5.70 Å². The second-order valence-corrected chi connectivity index (χ2v) is 5.15. The van der Waals surface area contributed by atoms with E-state index in [2.05, 4.69) is 10.6 Å². The Labute approximate surface area is 139 Å². The van der Waals surface area contributed by atoms with Gasteiger partial charge in [0, 0.05) is 0 Å². The molecule has 2 N–H and O–H groups in total. The Balaban J connectivity index is 1.77. The van der Waals surface area contributed by atoms with E-state index in [0.717, 1.165) is 5.56 Å². The average Bonchev–Trinajstić information content (AvgIpc) is 2.91. The lowest BCUT2D eigenvalue weighted by atomic mass is 10.1. The van der Waals surface area contributed by atoms with Crippen LogP contribution in [0.25, 0.3) is 6.08 Å². The van der Waals surface area contributed by atoms with Crippen LogP contribution in [0.1, 0.15) is 11.1 Å². The number of amides is 3. The fraction of sp³-hybridized carbons (Fsp3) is 0.111. The van der Waals surface area contributed by atoms with E-state index in [1.165, 1.54) is 0 Å². The van der Waals surface area contributed by atoms with E-state index in [4.69, 9.17) is 9.47 Å². The highest BCUT2D eigenvalue weighted by Gasteiger charge is 2.22. The van der Waals surface area contributed by atoms with Crippen molar-refractivity contribution in [3.8, 4) is 11.5 Å². The molecule has 0 bridgehead atoms. The maximum absolute atomic E-state index is 11.6. The van der Waals surface area contributed by atoms with Gasteiger partial charge >= 0.3 is 6.03 Å². The van der Waals surface area contributed by atoms with Crippen molar-refractivity contribution in [3.63, 3.8) is 0 Å². The maximum Gasteiger partial charge on any atom is 0.326 e. The highest BCUT2D eigenvalue weighted by molar-refractivity contribution is 6.14. The lowest BCUT2D eigenvalue weighted by Crippen LogP contribution is -2.22. The van der Waals surface area contributed by atoms with Gasteiger partial charge in [0.05, 0.1) is 7.11 Å². The Morgan fingerprint density at radius 1 is 1.00 bits per heavy atom. The van der Waals surface area contributed by atoms with Gasteiger partial charge in [0.25, 0.3) is 5.91 Å². The summed E-state index contributed by atoms with van der Waals surface area (Å²) < 4.78 is 11.1. The summed E-state index contributed by atoms with van der Waals surface area (Å²) in [5.74, 6) is 0.691. The second-order valence-electron chi connectivity index (χ2n) is 5.15. The van der Waals surface area contributed by atoms with Gasteiger partial charge in [-0.25, -0.2) is 4.79 Å². The molecule has 3 rings (SSSR count). The second kappa shape index (κ2) is 6.87. The fourth-order valence-electron chi connectivity index (χ4n) is 2.28. The van der Waals surface area contributed by atoms with Gasteiger partial charge in [0.2, 0.25) is 0 Å². The van der Waals surface area contributed by atoms with Crippen molar-refractivity contribution in [3.05, 3.63) is 65.4 Å². The zero-order chi connectivity index (χ0) is 16.9. The summed E-state index contributed by atoms with van der Waals surface area (Å²) in [5, 5.41) is 4.59. The molecule has 6 nitrogen and oxygen atoms in total. The van der Waals surface area contributed by atoms with Crippen molar-refractivity contribution in [2.45, 2.75) is 6.61 Å². The molecule has 0 aromatic heterocycles. The minimum Gasteiger partial charge on any atom is -0.493 e. The molecule has 24 heavy (non-hydrogen) atoms. The number of hydrogen-bond donors (Lipinski definition) is 2. The minimum atomic E-state index is -0.527. The summed E-state index contributed by atoms with van der Waals surface area (Å²) in [5.41, 5.74) is 1.96. The zero-order valence-corrected chi connectivity index (χ0v) is 13.0. The van der Waals surface area contributed by atoms with E-state index in [1.54, 1.807) is 31.4 Å². The third-order valence-corrected chi connectivity index (χ3v) is 3.46. The van der Waals surface area contributed by atoms with Crippen LogP contribution < -0.4 is 20.1 Å². The molecule has 122 valence electrons. The van der Waals surface area contributed by atoms with Gasteiger partial charge in [-0.2, -0.15) is 0 Å². The molecule has 0 aliphatic carbocycles. The number of carbonyl (C=O) groups is 2. The summed E-state index contributed by atoms with van der Waals surface area (Å²) in [7, 11) is 1.55. The molecular weight excluding hydrogens is 308 g/mol. The summed E-state index contributed by atoms with van der Waals surface area (Å²) in [6, 6.07) is 14.6. The summed E-state index contributed by atoms with van der Waals surface area (Å²) in [6.45, 7) is 0.427. The Bertz CT molecular complexity index is 800. The largest absolute Gasteiger partial charge is 0.493 e. The van der Waals surface area contributed by atoms with Crippen molar-refractivity contribution in [2.24, 2.45) is 0 Å². The number of carbonyl (C=O) groups excluding carboxylic acids is 2. The van der Waals surface area contributed by atoms with Gasteiger partial charge in [0.15, 0.2) is 11.5 Å². The number of methoxy groups -OCH3 is 1. The number of imide groups is 1. The van der Waals surface area contributed by atoms with Gasteiger partial charge in [-0.1, -0.05) is 36.4 Å². The standard InChI is InChI=1S/C18H16N2O4/c1-23-16-10-13(9-14-17(21)20-18(22)19-14)7-8-15(16)24-11-12-5-3-2-4-6-12/h2-10H,11H2,1H3,(H2,19,20,21,22)/b14-9-. The Morgan fingerprint density at radius 3 is 2.46 bits per heavy atom. The van der Waals surface area contributed by atoms with Crippen LogP contribution in [0.2, 0.25) is 0 Å². The molecule has 1 aliphatic rings. The first-order valence-electron chi connectivity index (χ1n) is 7.34. The third-order valence-electron chi connectivity index (χ3n) is 3.46. The Morgan fingerprint density at radius 2 is 1.79 bits per heavy atom. The molecule has 0 spiro atoms. The van der Waals surface area contributed by atoms with Crippen LogP contribution >= 0.6 is 0 Å². The topological polar surface area (TPSA) is 76.7 Å². The smallest absolute Gasteiger partial charge is 0.326 e. The van der Waals surface area contributed by atoms with Crippen LogP contribution in [-0.4, -0.2) is 19.0 Å².